The zero-order valence-corrected chi connectivity index (χ0v) is 18.7. The highest BCUT2D eigenvalue weighted by atomic mass is 35.5. The van der Waals surface area contributed by atoms with Crippen molar-refractivity contribution in [3.05, 3.63) is 104 Å². The maximum atomic E-state index is 13.1. The van der Waals surface area contributed by atoms with E-state index in [1.165, 1.54) is 12.1 Å². The van der Waals surface area contributed by atoms with Gasteiger partial charge in [0.2, 0.25) is 0 Å². The standard InChI is InChI=1S/C24H15Cl3N2O3/c25-17-5-3-6-19(13-17)29-23(31)20(22(30)28-24(29)32)12-16-11-18(26)9-8-14(16)10-15-4-1-2-7-21(15)27/h1-9,11-13H,10H2,(H,28,30,32)/b20-12+. The number of anilines is 1. The molecule has 32 heavy (non-hydrogen) atoms. The van der Waals surface area contributed by atoms with E-state index in [-0.39, 0.29) is 11.3 Å². The Balaban J connectivity index is 1.76. The summed E-state index contributed by atoms with van der Waals surface area (Å²) in [6, 6.07) is 18.0. The number of carbonyl (C=O) groups is 3. The predicted octanol–water partition coefficient (Wildman–Crippen LogP) is 5.90. The number of halogens is 3. The molecule has 4 amide bonds. The molecule has 1 saturated heterocycles. The molecule has 160 valence electrons. The molecule has 0 unspecified atom stereocenters. The van der Waals surface area contributed by atoms with Crippen molar-refractivity contribution in [3.8, 4) is 0 Å². The summed E-state index contributed by atoms with van der Waals surface area (Å²) >= 11 is 18.5. The smallest absolute Gasteiger partial charge is 0.273 e. The van der Waals surface area contributed by atoms with Gasteiger partial charge >= 0.3 is 6.03 Å². The molecule has 0 spiro atoms. The Hall–Kier alpha value is -3.12. The lowest BCUT2D eigenvalue weighted by Crippen LogP contribution is -2.54. The summed E-state index contributed by atoms with van der Waals surface area (Å²) in [5.41, 5.74) is 2.30. The third-order valence-electron chi connectivity index (χ3n) is 4.91. The Kier molecular flexibility index (Phi) is 6.33. The van der Waals surface area contributed by atoms with Gasteiger partial charge in [-0.3, -0.25) is 14.9 Å². The second kappa shape index (κ2) is 9.17. The highest BCUT2D eigenvalue weighted by Gasteiger charge is 2.37. The molecular weight excluding hydrogens is 471 g/mol. The van der Waals surface area contributed by atoms with Gasteiger partial charge in [-0.2, -0.15) is 0 Å². The number of hydrogen-bond acceptors (Lipinski definition) is 3. The van der Waals surface area contributed by atoms with E-state index < -0.39 is 17.8 Å². The van der Waals surface area contributed by atoms with Crippen LogP contribution in [0.5, 0.6) is 0 Å². The third-order valence-corrected chi connectivity index (χ3v) is 5.75. The number of nitrogens with zero attached hydrogens (tertiary/aromatic N) is 1. The molecule has 4 rings (SSSR count). The van der Waals surface area contributed by atoms with Crippen molar-refractivity contribution in [2.45, 2.75) is 6.42 Å². The molecule has 5 nitrogen and oxygen atoms in total. The molecule has 3 aromatic rings. The van der Waals surface area contributed by atoms with E-state index in [2.05, 4.69) is 5.32 Å². The summed E-state index contributed by atoms with van der Waals surface area (Å²) in [5.74, 6) is -1.55. The number of urea groups is 1. The van der Waals surface area contributed by atoms with Crippen molar-refractivity contribution >= 4 is 64.4 Å². The molecule has 1 heterocycles. The van der Waals surface area contributed by atoms with Crippen LogP contribution in [-0.2, 0) is 16.0 Å². The normalized spacial score (nSPS) is 15.3. The highest BCUT2D eigenvalue weighted by molar-refractivity contribution is 6.39. The average molecular weight is 486 g/mol. The summed E-state index contributed by atoms with van der Waals surface area (Å²) in [6.45, 7) is 0. The lowest BCUT2D eigenvalue weighted by atomic mass is 9.97. The predicted molar refractivity (Wildman–Crippen MR) is 126 cm³/mol. The fraction of sp³-hybridized carbons (Fsp3) is 0.0417. The molecule has 1 fully saturated rings. The van der Waals surface area contributed by atoms with E-state index in [0.717, 1.165) is 16.0 Å². The molecular formula is C24H15Cl3N2O3. The van der Waals surface area contributed by atoms with Crippen LogP contribution in [0.15, 0.2) is 72.3 Å². The summed E-state index contributed by atoms with van der Waals surface area (Å²) in [5, 5.41) is 3.59. The van der Waals surface area contributed by atoms with Crippen LogP contribution in [0, 0.1) is 0 Å². The van der Waals surface area contributed by atoms with Crippen molar-refractivity contribution in [2.24, 2.45) is 0 Å². The summed E-state index contributed by atoms with van der Waals surface area (Å²) < 4.78 is 0. The van der Waals surface area contributed by atoms with E-state index in [1.54, 1.807) is 36.4 Å². The van der Waals surface area contributed by atoms with Gasteiger partial charge in [-0.05, 0) is 65.6 Å². The Morgan fingerprint density at radius 2 is 1.56 bits per heavy atom. The number of nitrogens with one attached hydrogen (secondary N) is 1. The SMILES string of the molecule is O=C1NC(=O)N(c2cccc(Cl)c2)C(=O)/C1=C/c1cc(Cl)ccc1Cc1ccccc1Cl. The van der Waals surface area contributed by atoms with Crippen molar-refractivity contribution in [2.75, 3.05) is 4.90 Å². The van der Waals surface area contributed by atoms with Crippen molar-refractivity contribution in [1.82, 2.24) is 5.32 Å². The molecule has 1 N–H and O–H groups in total. The minimum absolute atomic E-state index is 0.202. The largest absolute Gasteiger partial charge is 0.335 e. The van der Waals surface area contributed by atoms with Gasteiger partial charge in [-0.1, -0.05) is 65.1 Å². The van der Waals surface area contributed by atoms with Gasteiger partial charge in [0, 0.05) is 15.1 Å². The second-order valence-corrected chi connectivity index (χ2v) is 8.33. The molecule has 0 aromatic heterocycles. The van der Waals surface area contributed by atoms with Gasteiger partial charge in [0.05, 0.1) is 5.69 Å². The van der Waals surface area contributed by atoms with Gasteiger partial charge in [-0.25, -0.2) is 9.69 Å². The van der Waals surface area contributed by atoms with Crippen molar-refractivity contribution in [1.29, 1.82) is 0 Å². The summed E-state index contributed by atoms with van der Waals surface area (Å²) in [7, 11) is 0. The first-order chi connectivity index (χ1) is 15.3. The van der Waals surface area contributed by atoms with Gasteiger partial charge in [0.25, 0.3) is 11.8 Å². The number of imide groups is 2. The van der Waals surface area contributed by atoms with E-state index in [9.17, 15) is 14.4 Å². The Morgan fingerprint density at radius 3 is 2.31 bits per heavy atom. The number of amides is 4. The number of rotatable bonds is 4. The number of hydrogen-bond donors (Lipinski definition) is 1. The first kappa shape index (κ1) is 22.1. The van der Waals surface area contributed by atoms with Gasteiger partial charge in [0.15, 0.2) is 0 Å². The van der Waals surface area contributed by atoms with Gasteiger partial charge in [-0.15, -0.1) is 0 Å². The van der Waals surface area contributed by atoms with Gasteiger partial charge in [0.1, 0.15) is 5.57 Å². The van der Waals surface area contributed by atoms with Crippen LogP contribution in [0.1, 0.15) is 16.7 Å². The number of carbonyl (C=O) groups excluding carboxylic acids is 3. The lowest BCUT2D eigenvalue weighted by Gasteiger charge is -2.26. The highest BCUT2D eigenvalue weighted by Crippen LogP contribution is 2.28. The molecule has 0 bridgehead atoms. The zero-order chi connectivity index (χ0) is 22.8. The Morgan fingerprint density at radius 1 is 0.812 bits per heavy atom. The van der Waals surface area contributed by atoms with E-state index in [4.69, 9.17) is 34.8 Å². The van der Waals surface area contributed by atoms with Crippen molar-refractivity contribution in [3.63, 3.8) is 0 Å². The minimum Gasteiger partial charge on any atom is -0.273 e. The Bertz CT molecular complexity index is 1290. The molecule has 0 radical (unpaired) electrons. The molecule has 3 aromatic carbocycles. The fourth-order valence-corrected chi connectivity index (χ4v) is 3.94. The molecule has 8 heteroatoms. The molecule has 0 aliphatic carbocycles. The van der Waals surface area contributed by atoms with Crippen LogP contribution in [-0.4, -0.2) is 17.8 Å². The average Bonchev–Trinajstić information content (AvgIpc) is 2.74. The third kappa shape index (κ3) is 4.55. The van der Waals surface area contributed by atoms with Crippen LogP contribution in [0.25, 0.3) is 6.08 Å². The zero-order valence-electron chi connectivity index (χ0n) is 16.4. The molecule has 1 aliphatic heterocycles. The van der Waals surface area contributed by atoms with Gasteiger partial charge < -0.3 is 0 Å². The van der Waals surface area contributed by atoms with Crippen LogP contribution >= 0.6 is 34.8 Å². The van der Waals surface area contributed by atoms with Crippen molar-refractivity contribution < 1.29 is 14.4 Å². The van der Waals surface area contributed by atoms with Crippen LogP contribution in [0.4, 0.5) is 10.5 Å². The Labute approximate surface area is 199 Å². The van der Waals surface area contributed by atoms with E-state index >= 15 is 0 Å². The monoisotopic (exact) mass is 484 g/mol. The molecule has 1 aliphatic rings. The summed E-state index contributed by atoms with van der Waals surface area (Å²) in [4.78, 5) is 39.0. The quantitative estimate of drug-likeness (QED) is 0.369. The van der Waals surface area contributed by atoms with E-state index in [1.807, 2.05) is 24.3 Å². The maximum Gasteiger partial charge on any atom is 0.335 e. The fourth-order valence-electron chi connectivity index (χ4n) is 3.37. The molecule has 0 atom stereocenters. The molecule has 0 saturated carbocycles. The second-order valence-electron chi connectivity index (χ2n) is 7.05. The lowest BCUT2D eigenvalue weighted by molar-refractivity contribution is -0.122. The topological polar surface area (TPSA) is 66.5 Å². The van der Waals surface area contributed by atoms with Crippen LogP contribution in [0.2, 0.25) is 15.1 Å². The number of benzene rings is 3. The maximum absolute atomic E-state index is 13.1. The van der Waals surface area contributed by atoms with Crippen LogP contribution in [0.3, 0.4) is 0 Å². The minimum atomic E-state index is -0.846. The van der Waals surface area contributed by atoms with Crippen LogP contribution < -0.4 is 10.2 Å². The first-order valence-electron chi connectivity index (χ1n) is 9.52. The number of barbiturate groups is 1. The first-order valence-corrected chi connectivity index (χ1v) is 10.7. The summed E-state index contributed by atoms with van der Waals surface area (Å²) in [6.07, 6.45) is 1.89. The van der Waals surface area contributed by atoms with E-state index in [0.29, 0.717) is 27.1 Å².